The topological polar surface area (TPSA) is 98.7 Å². The standard InChI is InChI=1S/C14H16FN3O4S/c15-11-2-1-9(18-5-3-17-14(18)22)7-10(11)13(21)16-4-6-23-8-12(19)20/h1-2,7H,3-6,8H2,(H,16,21)(H,17,22)(H,19,20). The van der Waals surface area contributed by atoms with Crippen LogP contribution in [0.2, 0.25) is 0 Å². The van der Waals surface area contributed by atoms with Crippen LogP contribution in [0.1, 0.15) is 10.4 Å². The van der Waals surface area contributed by atoms with Gasteiger partial charge in [0.1, 0.15) is 5.82 Å². The predicted octanol–water partition coefficient (Wildman–Crippen LogP) is 0.903. The van der Waals surface area contributed by atoms with Crippen LogP contribution in [0.5, 0.6) is 0 Å². The van der Waals surface area contributed by atoms with Crippen LogP contribution in [-0.4, -0.2) is 54.2 Å². The summed E-state index contributed by atoms with van der Waals surface area (Å²) < 4.78 is 13.8. The second-order valence-corrected chi connectivity index (χ2v) is 5.86. The molecule has 1 aliphatic rings. The first-order valence-corrected chi connectivity index (χ1v) is 8.07. The van der Waals surface area contributed by atoms with Crippen LogP contribution in [0.15, 0.2) is 18.2 Å². The molecule has 0 spiro atoms. The Balaban J connectivity index is 1.96. The van der Waals surface area contributed by atoms with Gasteiger partial charge in [-0.05, 0) is 18.2 Å². The molecule has 9 heteroatoms. The molecule has 1 fully saturated rings. The van der Waals surface area contributed by atoms with Gasteiger partial charge in [-0.1, -0.05) is 0 Å². The van der Waals surface area contributed by atoms with E-state index in [0.29, 0.717) is 24.5 Å². The predicted molar refractivity (Wildman–Crippen MR) is 84.4 cm³/mol. The van der Waals surface area contributed by atoms with Crippen LogP contribution >= 0.6 is 11.8 Å². The van der Waals surface area contributed by atoms with Gasteiger partial charge < -0.3 is 15.7 Å². The highest BCUT2D eigenvalue weighted by molar-refractivity contribution is 7.99. The van der Waals surface area contributed by atoms with E-state index in [1.807, 2.05) is 0 Å². The van der Waals surface area contributed by atoms with Gasteiger partial charge in [-0.3, -0.25) is 14.5 Å². The van der Waals surface area contributed by atoms with Gasteiger partial charge in [-0.15, -0.1) is 11.8 Å². The molecule has 3 N–H and O–H groups in total. The monoisotopic (exact) mass is 341 g/mol. The van der Waals surface area contributed by atoms with Gasteiger partial charge in [-0.25, -0.2) is 9.18 Å². The molecular formula is C14H16FN3O4S. The summed E-state index contributed by atoms with van der Waals surface area (Å²) in [5.74, 6) is -1.84. The maximum atomic E-state index is 13.8. The van der Waals surface area contributed by atoms with Gasteiger partial charge in [0.05, 0.1) is 11.3 Å². The number of aliphatic carboxylic acids is 1. The second-order valence-electron chi connectivity index (χ2n) is 4.75. The first kappa shape index (κ1) is 17.1. The summed E-state index contributed by atoms with van der Waals surface area (Å²) in [6.45, 7) is 1.18. The zero-order valence-corrected chi connectivity index (χ0v) is 13.0. The number of hydrogen-bond acceptors (Lipinski definition) is 4. The smallest absolute Gasteiger partial charge is 0.321 e. The minimum absolute atomic E-state index is 0.0518. The van der Waals surface area contributed by atoms with Crippen LogP contribution < -0.4 is 15.5 Å². The van der Waals surface area contributed by atoms with E-state index >= 15 is 0 Å². The zero-order chi connectivity index (χ0) is 16.8. The second kappa shape index (κ2) is 7.82. The molecule has 1 heterocycles. The molecule has 2 rings (SSSR count). The van der Waals surface area contributed by atoms with Crippen LogP contribution in [0.4, 0.5) is 14.9 Å². The molecule has 0 atom stereocenters. The third kappa shape index (κ3) is 4.59. The fraction of sp³-hybridized carbons (Fsp3) is 0.357. The zero-order valence-electron chi connectivity index (χ0n) is 12.2. The maximum Gasteiger partial charge on any atom is 0.321 e. The maximum absolute atomic E-state index is 13.8. The van der Waals surface area contributed by atoms with Crippen molar-refractivity contribution in [3.8, 4) is 0 Å². The number of carboxylic acids is 1. The number of nitrogens with one attached hydrogen (secondary N) is 2. The summed E-state index contributed by atoms with van der Waals surface area (Å²) in [6.07, 6.45) is 0. The molecule has 7 nitrogen and oxygen atoms in total. The quantitative estimate of drug-likeness (QED) is 0.640. The van der Waals surface area contributed by atoms with E-state index in [4.69, 9.17) is 5.11 Å². The Morgan fingerprint density at radius 2 is 2.22 bits per heavy atom. The van der Waals surface area contributed by atoms with Crippen molar-refractivity contribution in [2.24, 2.45) is 0 Å². The number of urea groups is 1. The van der Waals surface area contributed by atoms with Crippen molar-refractivity contribution in [1.29, 1.82) is 0 Å². The van der Waals surface area contributed by atoms with E-state index in [1.165, 1.54) is 17.0 Å². The number of carbonyl (C=O) groups is 3. The average molecular weight is 341 g/mol. The van der Waals surface area contributed by atoms with Crippen molar-refractivity contribution in [3.05, 3.63) is 29.6 Å². The minimum Gasteiger partial charge on any atom is -0.481 e. The number of benzene rings is 1. The number of rotatable bonds is 7. The number of carbonyl (C=O) groups excluding carboxylic acids is 2. The highest BCUT2D eigenvalue weighted by Crippen LogP contribution is 2.20. The third-order valence-corrected chi connectivity index (χ3v) is 4.06. The van der Waals surface area contributed by atoms with Crippen molar-refractivity contribution in [2.45, 2.75) is 0 Å². The van der Waals surface area contributed by atoms with Gasteiger partial charge in [-0.2, -0.15) is 0 Å². The van der Waals surface area contributed by atoms with Crippen molar-refractivity contribution in [1.82, 2.24) is 10.6 Å². The Hall–Kier alpha value is -2.29. The summed E-state index contributed by atoms with van der Waals surface area (Å²) >= 11 is 1.16. The molecule has 0 radical (unpaired) electrons. The molecule has 1 aromatic carbocycles. The van der Waals surface area contributed by atoms with E-state index in [2.05, 4.69) is 10.6 Å². The molecule has 0 saturated carbocycles. The Kier molecular flexibility index (Phi) is 5.80. The lowest BCUT2D eigenvalue weighted by atomic mass is 10.1. The van der Waals surface area contributed by atoms with Crippen molar-refractivity contribution in [3.63, 3.8) is 0 Å². The van der Waals surface area contributed by atoms with Crippen LogP contribution in [0, 0.1) is 5.82 Å². The van der Waals surface area contributed by atoms with Crippen molar-refractivity contribution < 1.29 is 23.9 Å². The van der Waals surface area contributed by atoms with Crippen molar-refractivity contribution in [2.75, 3.05) is 36.0 Å². The number of thioether (sulfide) groups is 1. The Labute approximate surface area is 136 Å². The number of anilines is 1. The Bertz CT molecular complexity index is 626. The van der Waals surface area contributed by atoms with E-state index in [-0.39, 0.29) is 23.9 Å². The molecule has 3 amide bonds. The Morgan fingerprint density at radius 1 is 1.43 bits per heavy atom. The molecule has 0 aromatic heterocycles. The molecule has 1 aromatic rings. The van der Waals surface area contributed by atoms with Gasteiger partial charge in [0.2, 0.25) is 0 Å². The number of carboxylic acid groups (broad SMARTS) is 1. The lowest BCUT2D eigenvalue weighted by Crippen LogP contribution is -2.29. The molecular weight excluding hydrogens is 325 g/mol. The number of halogens is 1. The van der Waals surface area contributed by atoms with Crippen molar-refractivity contribution >= 4 is 35.4 Å². The first-order valence-electron chi connectivity index (χ1n) is 6.91. The lowest BCUT2D eigenvalue weighted by molar-refractivity contribution is -0.133. The fourth-order valence-electron chi connectivity index (χ4n) is 2.06. The van der Waals surface area contributed by atoms with E-state index in [1.54, 1.807) is 0 Å². The van der Waals surface area contributed by atoms with E-state index in [0.717, 1.165) is 17.8 Å². The molecule has 0 aliphatic carbocycles. The highest BCUT2D eigenvalue weighted by Gasteiger charge is 2.23. The summed E-state index contributed by atoms with van der Waals surface area (Å²) in [6, 6.07) is 3.64. The summed E-state index contributed by atoms with van der Waals surface area (Å²) in [5, 5.41) is 13.7. The minimum atomic E-state index is -0.927. The first-order chi connectivity index (χ1) is 11.0. The van der Waals surface area contributed by atoms with Crippen LogP contribution in [0.3, 0.4) is 0 Å². The van der Waals surface area contributed by atoms with Gasteiger partial charge >= 0.3 is 12.0 Å². The molecule has 0 unspecified atom stereocenters. The average Bonchev–Trinajstić information content (AvgIpc) is 2.93. The highest BCUT2D eigenvalue weighted by atomic mass is 32.2. The van der Waals surface area contributed by atoms with E-state index in [9.17, 15) is 18.8 Å². The van der Waals surface area contributed by atoms with Crippen LogP contribution in [0.25, 0.3) is 0 Å². The molecule has 1 saturated heterocycles. The lowest BCUT2D eigenvalue weighted by Gasteiger charge is -2.15. The van der Waals surface area contributed by atoms with E-state index < -0.39 is 17.7 Å². The molecule has 0 bridgehead atoms. The normalized spacial score (nSPS) is 13.8. The van der Waals surface area contributed by atoms with Gasteiger partial charge in [0, 0.05) is 31.1 Å². The third-order valence-electron chi connectivity index (χ3n) is 3.12. The summed E-state index contributed by atoms with van der Waals surface area (Å²) in [7, 11) is 0. The van der Waals surface area contributed by atoms with Gasteiger partial charge in [0.15, 0.2) is 0 Å². The largest absolute Gasteiger partial charge is 0.481 e. The summed E-state index contributed by atoms with van der Waals surface area (Å²) in [5.41, 5.74) is 0.303. The SMILES string of the molecule is O=C(O)CSCCNC(=O)c1cc(N2CCNC2=O)ccc1F. The fourth-order valence-corrected chi connectivity index (χ4v) is 2.63. The number of hydrogen-bond donors (Lipinski definition) is 3. The molecule has 23 heavy (non-hydrogen) atoms. The van der Waals surface area contributed by atoms with Gasteiger partial charge in [0.25, 0.3) is 5.91 Å². The number of nitrogens with zero attached hydrogens (tertiary/aromatic N) is 1. The molecule has 124 valence electrons. The number of amides is 3. The Morgan fingerprint density at radius 3 is 2.87 bits per heavy atom. The summed E-state index contributed by atoms with van der Waals surface area (Å²) in [4.78, 5) is 35.4. The van der Waals surface area contributed by atoms with Crippen LogP contribution in [-0.2, 0) is 4.79 Å². The molecule has 1 aliphatic heterocycles.